The van der Waals surface area contributed by atoms with Gasteiger partial charge >= 0.3 is 0 Å². The predicted octanol–water partition coefficient (Wildman–Crippen LogP) is 2.75. The molecular formula is C16H27N3OS. The quantitative estimate of drug-likeness (QED) is 0.440. The van der Waals surface area contributed by atoms with Gasteiger partial charge < -0.3 is 15.4 Å². The lowest BCUT2D eigenvalue weighted by atomic mass is 10.2. The maximum Gasteiger partial charge on any atom is 0.191 e. The number of hydrogen-bond acceptors (Lipinski definition) is 3. The maximum atomic E-state index is 5.86. The van der Waals surface area contributed by atoms with E-state index in [9.17, 15) is 0 Å². The molecule has 0 unspecified atom stereocenters. The third-order valence-electron chi connectivity index (χ3n) is 2.81. The van der Waals surface area contributed by atoms with Crippen molar-refractivity contribution in [2.45, 2.75) is 20.4 Å². The van der Waals surface area contributed by atoms with Gasteiger partial charge in [-0.3, -0.25) is 4.99 Å². The number of ether oxygens (including phenoxy) is 1. The number of aliphatic imine (C=N–C) groups is 1. The Bertz CT molecular complexity index is 435. The minimum atomic E-state index is 0.520. The monoisotopic (exact) mass is 309 g/mol. The molecule has 0 radical (unpaired) electrons. The van der Waals surface area contributed by atoms with Crippen molar-refractivity contribution in [1.29, 1.82) is 0 Å². The number of thioether (sulfide) groups is 1. The second-order valence-corrected chi connectivity index (χ2v) is 6.14. The maximum absolute atomic E-state index is 5.86. The van der Waals surface area contributed by atoms with E-state index in [1.165, 1.54) is 0 Å². The zero-order valence-electron chi connectivity index (χ0n) is 13.5. The molecule has 118 valence electrons. The van der Waals surface area contributed by atoms with Gasteiger partial charge in [0, 0.05) is 31.5 Å². The standard InChI is InChI=1S/C16H27N3OS/c1-13(2)12-20-15-8-6-5-7-14(15)11-19-16(17-3)18-9-10-21-4/h5-8,13H,9-12H2,1-4H3,(H2,17,18,19). The molecule has 21 heavy (non-hydrogen) atoms. The summed E-state index contributed by atoms with van der Waals surface area (Å²) in [6.45, 7) is 6.65. The summed E-state index contributed by atoms with van der Waals surface area (Å²) in [5.41, 5.74) is 1.14. The fourth-order valence-electron chi connectivity index (χ4n) is 1.72. The number of para-hydroxylation sites is 1. The SMILES string of the molecule is CN=C(NCCSC)NCc1ccccc1OCC(C)C. The average Bonchev–Trinajstić information content (AvgIpc) is 2.49. The van der Waals surface area contributed by atoms with Crippen molar-refractivity contribution in [2.24, 2.45) is 10.9 Å². The minimum absolute atomic E-state index is 0.520. The van der Waals surface area contributed by atoms with E-state index in [2.05, 4.69) is 41.8 Å². The van der Waals surface area contributed by atoms with E-state index >= 15 is 0 Å². The first-order valence-corrected chi connectivity index (χ1v) is 8.71. The second-order valence-electron chi connectivity index (χ2n) is 5.16. The summed E-state index contributed by atoms with van der Waals surface area (Å²) in [6, 6.07) is 8.13. The van der Waals surface area contributed by atoms with Gasteiger partial charge in [0.05, 0.1) is 6.61 Å². The Morgan fingerprint density at radius 3 is 2.71 bits per heavy atom. The lowest BCUT2D eigenvalue weighted by molar-refractivity contribution is 0.268. The fraction of sp³-hybridized carbons (Fsp3) is 0.562. The molecule has 2 N–H and O–H groups in total. The zero-order chi connectivity index (χ0) is 15.5. The van der Waals surface area contributed by atoms with E-state index in [1.807, 2.05) is 30.0 Å². The summed E-state index contributed by atoms with van der Waals surface area (Å²) in [5.74, 6) is 3.35. The van der Waals surface area contributed by atoms with Gasteiger partial charge in [-0.15, -0.1) is 0 Å². The Morgan fingerprint density at radius 2 is 2.05 bits per heavy atom. The van der Waals surface area contributed by atoms with Gasteiger partial charge in [0.25, 0.3) is 0 Å². The molecule has 0 aliphatic carbocycles. The van der Waals surface area contributed by atoms with Crippen LogP contribution in [0.2, 0.25) is 0 Å². The molecule has 0 saturated heterocycles. The number of nitrogens with zero attached hydrogens (tertiary/aromatic N) is 1. The Balaban J connectivity index is 2.53. The summed E-state index contributed by atoms with van der Waals surface area (Å²) >= 11 is 1.81. The molecule has 0 aliphatic rings. The van der Waals surface area contributed by atoms with Gasteiger partial charge in [0.1, 0.15) is 5.75 Å². The molecule has 1 rings (SSSR count). The van der Waals surface area contributed by atoms with Gasteiger partial charge in [-0.05, 0) is 18.2 Å². The van der Waals surface area contributed by atoms with E-state index in [4.69, 9.17) is 4.74 Å². The molecule has 0 fully saturated rings. The van der Waals surface area contributed by atoms with Crippen LogP contribution in [0.4, 0.5) is 0 Å². The normalized spacial score (nSPS) is 11.6. The average molecular weight is 309 g/mol. The van der Waals surface area contributed by atoms with E-state index in [0.717, 1.165) is 36.2 Å². The predicted molar refractivity (Wildman–Crippen MR) is 93.4 cm³/mol. The largest absolute Gasteiger partial charge is 0.493 e. The molecule has 0 amide bonds. The first-order chi connectivity index (χ1) is 10.2. The van der Waals surface area contributed by atoms with E-state index < -0.39 is 0 Å². The molecule has 0 bridgehead atoms. The van der Waals surface area contributed by atoms with Crippen LogP contribution in [0.15, 0.2) is 29.3 Å². The zero-order valence-corrected chi connectivity index (χ0v) is 14.3. The van der Waals surface area contributed by atoms with Crippen molar-refractivity contribution < 1.29 is 4.74 Å². The Kier molecular flexibility index (Phi) is 8.74. The number of nitrogens with one attached hydrogen (secondary N) is 2. The van der Waals surface area contributed by atoms with Gasteiger partial charge in [0.15, 0.2) is 5.96 Å². The highest BCUT2D eigenvalue weighted by atomic mass is 32.2. The molecular weight excluding hydrogens is 282 g/mol. The molecule has 0 atom stereocenters. The van der Waals surface area contributed by atoms with E-state index in [0.29, 0.717) is 12.5 Å². The highest BCUT2D eigenvalue weighted by Gasteiger charge is 2.05. The number of benzene rings is 1. The molecule has 1 aromatic rings. The van der Waals surface area contributed by atoms with Crippen molar-refractivity contribution in [3.8, 4) is 5.75 Å². The number of guanidine groups is 1. The molecule has 1 aromatic carbocycles. The summed E-state index contributed by atoms with van der Waals surface area (Å²) in [4.78, 5) is 4.22. The van der Waals surface area contributed by atoms with Crippen molar-refractivity contribution in [3.05, 3.63) is 29.8 Å². The van der Waals surface area contributed by atoms with Crippen molar-refractivity contribution in [3.63, 3.8) is 0 Å². The van der Waals surface area contributed by atoms with Crippen molar-refractivity contribution >= 4 is 17.7 Å². The van der Waals surface area contributed by atoms with Crippen LogP contribution in [0.1, 0.15) is 19.4 Å². The van der Waals surface area contributed by atoms with Gasteiger partial charge in [-0.2, -0.15) is 11.8 Å². The number of hydrogen-bond donors (Lipinski definition) is 2. The molecule has 0 aliphatic heterocycles. The highest BCUT2D eigenvalue weighted by molar-refractivity contribution is 7.98. The van der Waals surface area contributed by atoms with Crippen LogP contribution in [-0.2, 0) is 6.54 Å². The van der Waals surface area contributed by atoms with Crippen molar-refractivity contribution in [1.82, 2.24) is 10.6 Å². The third kappa shape index (κ3) is 7.27. The lowest BCUT2D eigenvalue weighted by Crippen LogP contribution is -2.38. The fourth-order valence-corrected chi connectivity index (χ4v) is 2.02. The summed E-state index contributed by atoms with van der Waals surface area (Å²) in [7, 11) is 1.79. The first-order valence-electron chi connectivity index (χ1n) is 7.31. The third-order valence-corrected chi connectivity index (χ3v) is 3.43. The van der Waals surface area contributed by atoms with Crippen molar-refractivity contribution in [2.75, 3.05) is 32.2 Å². The van der Waals surface area contributed by atoms with Crippen LogP contribution < -0.4 is 15.4 Å². The Morgan fingerprint density at radius 1 is 1.29 bits per heavy atom. The van der Waals surface area contributed by atoms with Crippen LogP contribution in [0, 0.1) is 5.92 Å². The molecule has 4 nitrogen and oxygen atoms in total. The smallest absolute Gasteiger partial charge is 0.191 e. The molecule has 0 aromatic heterocycles. The van der Waals surface area contributed by atoms with Crippen LogP contribution in [0.5, 0.6) is 5.75 Å². The van der Waals surface area contributed by atoms with E-state index in [1.54, 1.807) is 7.05 Å². The highest BCUT2D eigenvalue weighted by Crippen LogP contribution is 2.18. The summed E-state index contributed by atoms with van der Waals surface area (Å²) in [5, 5.41) is 6.61. The lowest BCUT2D eigenvalue weighted by Gasteiger charge is -2.15. The first kappa shape index (κ1) is 17.7. The molecule has 0 saturated carbocycles. The summed E-state index contributed by atoms with van der Waals surface area (Å²) in [6.07, 6.45) is 2.10. The van der Waals surface area contributed by atoms with Gasteiger partial charge in [-0.1, -0.05) is 32.0 Å². The topological polar surface area (TPSA) is 45.7 Å². The van der Waals surface area contributed by atoms with E-state index in [-0.39, 0.29) is 0 Å². The van der Waals surface area contributed by atoms with Crippen LogP contribution in [0.3, 0.4) is 0 Å². The van der Waals surface area contributed by atoms with Crippen LogP contribution >= 0.6 is 11.8 Å². The summed E-state index contributed by atoms with van der Waals surface area (Å²) < 4.78 is 5.86. The second kappa shape index (κ2) is 10.4. The van der Waals surface area contributed by atoms with Gasteiger partial charge in [0.2, 0.25) is 0 Å². The van der Waals surface area contributed by atoms with Crippen LogP contribution in [-0.4, -0.2) is 38.2 Å². The van der Waals surface area contributed by atoms with Gasteiger partial charge in [-0.25, -0.2) is 0 Å². The molecule has 0 heterocycles. The van der Waals surface area contributed by atoms with Crippen LogP contribution in [0.25, 0.3) is 0 Å². The Hall–Kier alpha value is -1.36. The molecule has 0 spiro atoms. The molecule has 5 heteroatoms. The number of rotatable bonds is 8. The Labute approximate surface area is 132 Å². The minimum Gasteiger partial charge on any atom is -0.493 e.